The predicted molar refractivity (Wildman–Crippen MR) is 136 cm³/mol. The molecule has 4 atom stereocenters. The molecule has 2 aromatic carbocycles. The smallest absolute Gasteiger partial charge is 0.272 e. The second-order valence-electron chi connectivity index (χ2n) is 9.99. The van der Waals surface area contributed by atoms with Crippen LogP contribution >= 0.6 is 0 Å². The maximum absolute atomic E-state index is 13.7. The normalized spacial score (nSPS) is 23.5. The van der Waals surface area contributed by atoms with Gasteiger partial charge in [-0.05, 0) is 67.6 Å². The van der Waals surface area contributed by atoms with E-state index in [1.807, 2.05) is 42.2 Å². The molecule has 0 radical (unpaired) electrons. The monoisotopic (exact) mass is 472 g/mol. The number of halogens is 1. The standard InChI is InChI=1S/C29H33FN4O/c1-20(31)27-8-5-9-28(32-27)29(35)34-18-24(21-6-3-2-4-7-21)16-26(34)19-33-15-14-23(17-33)22-10-12-25(30)13-11-22/h2-13,20,23-24,26H,14-19,31H2,1H3. The zero-order chi connectivity index (χ0) is 24.4. The number of carbonyl (C=O) groups is 1. The average Bonchev–Trinajstić information content (AvgIpc) is 3.52. The number of rotatable bonds is 6. The highest BCUT2D eigenvalue weighted by atomic mass is 19.1. The Labute approximate surface area is 206 Å². The Balaban J connectivity index is 1.34. The Morgan fingerprint density at radius 3 is 2.49 bits per heavy atom. The molecule has 35 heavy (non-hydrogen) atoms. The highest BCUT2D eigenvalue weighted by Gasteiger charge is 2.38. The van der Waals surface area contributed by atoms with Crippen molar-refractivity contribution in [2.75, 3.05) is 26.2 Å². The van der Waals surface area contributed by atoms with Gasteiger partial charge in [0.1, 0.15) is 11.5 Å². The Kier molecular flexibility index (Phi) is 6.93. The maximum atomic E-state index is 13.7. The van der Waals surface area contributed by atoms with E-state index < -0.39 is 0 Å². The minimum Gasteiger partial charge on any atom is -0.332 e. The molecule has 0 bridgehead atoms. The fraction of sp³-hybridized carbons (Fsp3) is 0.379. The van der Waals surface area contributed by atoms with Crippen molar-refractivity contribution in [2.24, 2.45) is 5.73 Å². The molecular weight excluding hydrogens is 439 g/mol. The van der Waals surface area contributed by atoms with Gasteiger partial charge in [-0.3, -0.25) is 4.79 Å². The molecule has 1 amide bonds. The van der Waals surface area contributed by atoms with Crippen molar-refractivity contribution in [2.45, 2.75) is 43.7 Å². The van der Waals surface area contributed by atoms with Crippen LogP contribution in [0.2, 0.25) is 0 Å². The van der Waals surface area contributed by atoms with Gasteiger partial charge in [-0.1, -0.05) is 48.5 Å². The highest BCUT2D eigenvalue weighted by molar-refractivity contribution is 5.93. The second-order valence-corrected chi connectivity index (χ2v) is 9.99. The van der Waals surface area contributed by atoms with E-state index in [2.05, 4.69) is 34.1 Å². The summed E-state index contributed by atoms with van der Waals surface area (Å²) >= 11 is 0. The van der Waals surface area contributed by atoms with Gasteiger partial charge in [0.2, 0.25) is 0 Å². The third-order valence-corrected chi connectivity index (χ3v) is 7.49. The number of carbonyl (C=O) groups excluding carboxylic acids is 1. The van der Waals surface area contributed by atoms with Crippen molar-refractivity contribution in [3.05, 3.63) is 101 Å². The highest BCUT2D eigenvalue weighted by Crippen LogP contribution is 2.35. The first-order valence-electron chi connectivity index (χ1n) is 12.5. The average molecular weight is 473 g/mol. The second kappa shape index (κ2) is 10.3. The van der Waals surface area contributed by atoms with Crippen LogP contribution in [0, 0.1) is 5.82 Å². The van der Waals surface area contributed by atoms with Crippen molar-refractivity contribution in [3.63, 3.8) is 0 Å². The van der Waals surface area contributed by atoms with Gasteiger partial charge in [-0.2, -0.15) is 0 Å². The van der Waals surface area contributed by atoms with Crippen LogP contribution in [0.5, 0.6) is 0 Å². The molecule has 2 aliphatic heterocycles. The van der Waals surface area contributed by atoms with Crippen LogP contribution in [-0.4, -0.2) is 52.9 Å². The number of amides is 1. The SMILES string of the molecule is CC(N)c1cccc(C(=O)N2CC(c3ccccc3)CC2CN2CCC(c3ccc(F)cc3)C2)n1. The lowest BCUT2D eigenvalue weighted by Crippen LogP contribution is -2.43. The summed E-state index contributed by atoms with van der Waals surface area (Å²) in [7, 11) is 0. The fourth-order valence-electron chi connectivity index (χ4n) is 5.58. The van der Waals surface area contributed by atoms with E-state index in [1.54, 1.807) is 18.2 Å². The first-order chi connectivity index (χ1) is 17.0. The largest absolute Gasteiger partial charge is 0.332 e. The summed E-state index contributed by atoms with van der Waals surface area (Å²) in [5.74, 6) is 0.482. The molecule has 0 saturated carbocycles. The van der Waals surface area contributed by atoms with Crippen LogP contribution in [0.4, 0.5) is 4.39 Å². The molecule has 0 spiro atoms. The lowest BCUT2D eigenvalue weighted by Gasteiger charge is -2.28. The Hall–Kier alpha value is -3.09. The van der Waals surface area contributed by atoms with Gasteiger partial charge in [0, 0.05) is 37.6 Å². The number of aromatic nitrogens is 1. The molecule has 3 aromatic rings. The molecule has 6 heteroatoms. The molecule has 5 rings (SSSR count). The van der Waals surface area contributed by atoms with Gasteiger partial charge >= 0.3 is 0 Å². The summed E-state index contributed by atoms with van der Waals surface area (Å²) in [6.07, 6.45) is 1.98. The summed E-state index contributed by atoms with van der Waals surface area (Å²) in [6.45, 7) is 5.31. The van der Waals surface area contributed by atoms with Crippen LogP contribution < -0.4 is 5.73 Å². The van der Waals surface area contributed by atoms with E-state index in [-0.39, 0.29) is 23.8 Å². The lowest BCUT2D eigenvalue weighted by atomic mass is 9.96. The number of benzene rings is 2. The number of nitrogens with two attached hydrogens (primary N) is 1. The van der Waals surface area contributed by atoms with Gasteiger partial charge in [0.05, 0.1) is 5.69 Å². The van der Waals surface area contributed by atoms with Crippen molar-refractivity contribution < 1.29 is 9.18 Å². The summed E-state index contributed by atoms with van der Waals surface area (Å²) in [6, 6.07) is 22.8. The molecule has 2 N–H and O–H groups in total. The molecule has 5 nitrogen and oxygen atoms in total. The van der Waals surface area contributed by atoms with Gasteiger partial charge in [0.15, 0.2) is 0 Å². The van der Waals surface area contributed by atoms with E-state index in [0.29, 0.717) is 24.1 Å². The molecule has 2 saturated heterocycles. The zero-order valence-corrected chi connectivity index (χ0v) is 20.2. The predicted octanol–water partition coefficient (Wildman–Crippen LogP) is 4.73. The molecule has 1 aromatic heterocycles. The van der Waals surface area contributed by atoms with Gasteiger partial charge < -0.3 is 15.5 Å². The van der Waals surface area contributed by atoms with Crippen molar-refractivity contribution >= 4 is 5.91 Å². The fourth-order valence-corrected chi connectivity index (χ4v) is 5.58. The van der Waals surface area contributed by atoms with E-state index in [9.17, 15) is 9.18 Å². The summed E-state index contributed by atoms with van der Waals surface area (Å²) in [5.41, 5.74) is 9.68. The third-order valence-electron chi connectivity index (χ3n) is 7.49. The number of hydrogen-bond acceptors (Lipinski definition) is 4. The molecule has 4 unspecified atom stereocenters. The molecule has 0 aliphatic carbocycles. The summed E-state index contributed by atoms with van der Waals surface area (Å²) in [4.78, 5) is 22.7. The number of hydrogen-bond donors (Lipinski definition) is 1. The van der Waals surface area contributed by atoms with E-state index >= 15 is 0 Å². The molecular formula is C29H33FN4O. The van der Waals surface area contributed by atoms with Gasteiger partial charge in [-0.25, -0.2) is 9.37 Å². The summed E-state index contributed by atoms with van der Waals surface area (Å²) in [5, 5.41) is 0. The van der Waals surface area contributed by atoms with E-state index in [0.717, 1.165) is 38.2 Å². The Morgan fingerprint density at radius 1 is 1.00 bits per heavy atom. The van der Waals surface area contributed by atoms with E-state index in [1.165, 1.54) is 11.1 Å². The first-order valence-corrected chi connectivity index (χ1v) is 12.5. The van der Waals surface area contributed by atoms with Crippen LogP contribution in [0.3, 0.4) is 0 Å². The van der Waals surface area contributed by atoms with Crippen LogP contribution in [0.15, 0.2) is 72.8 Å². The number of likely N-dealkylation sites (tertiary alicyclic amines) is 2. The number of pyridine rings is 1. The van der Waals surface area contributed by atoms with Crippen LogP contribution in [0.25, 0.3) is 0 Å². The number of nitrogens with zero attached hydrogens (tertiary/aromatic N) is 3. The van der Waals surface area contributed by atoms with Crippen molar-refractivity contribution in [1.29, 1.82) is 0 Å². The van der Waals surface area contributed by atoms with Crippen molar-refractivity contribution in [1.82, 2.24) is 14.8 Å². The van der Waals surface area contributed by atoms with Crippen LogP contribution in [0.1, 0.15) is 65.0 Å². The lowest BCUT2D eigenvalue weighted by molar-refractivity contribution is 0.0701. The molecule has 2 aliphatic rings. The quantitative estimate of drug-likeness (QED) is 0.564. The summed E-state index contributed by atoms with van der Waals surface area (Å²) < 4.78 is 13.4. The van der Waals surface area contributed by atoms with E-state index in [4.69, 9.17) is 5.73 Å². The minimum atomic E-state index is -0.220. The minimum absolute atomic E-state index is 0.0230. The van der Waals surface area contributed by atoms with Crippen molar-refractivity contribution in [3.8, 4) is 0 Å². The van der Waals surface area contributed by atoms with Gasteiger partial charge in [-0.15, -0.1) is 0 Å². The molecule has 2 fully saturated rings. The molecule has 3 heterocycles. The Morgan fingerprint density at radius 2 is 1.74 bits per heavy atom. The zero-order valence-electron chi connectivity index (χ0n) is 20.2. The topological polar surface area (TPSA) is 62.5 Å². The third kappa shape index (κ3) is 5.29. The molecule has 182 valence electrons. The van der Waals surface area contributed by atoms with Crippen LogP contribution in [-0.2, 0) is 0 Å². The maximum Gasteiger partial charge on any atom is 0.272 e. The van der Waals surface area contributed by atoms with Gasteiger partial charge in [0.25, 0.3) is 5.91 Å². The first kappa shape index (κ1) is 23.6. The Bertz CT molecular complexity index is 1150.